The number of hydrogen-bond donors (Lipinski definition) is 1. The molecule has 0 saturated heterocycles. The molecule has 2 rings (SSSR count). The second-order valence-electron chi connectivity index (χ2n) is 4.42. The zero-order valence-corrected chi connectivity index (χ0v) is 13.6. The topological polar surface area (TPSA) is 12.0 Å². The van der Waals surface area contributed by atoms with Crippen LogP contribution in [0.15, 0.2) is 41.3 Å². The highest BCUT2D eigenvalue weighted by atomic mass is 35.5. The normalized spacial score (nSPS) is 12.6. The summed E-state index contributed by atoms with van der Waals surface area (Å²) in [5.74, 6) is 0.674. The average molecular weight is 330 g/mol. The fraction of sp³-hybridized carbons (Fsp3) is 0.333. The lowest BCUT2D eigenvalue weighted by molar-refractivity contribution is 0.585. The Balaban J connectivity index is 2.00. The summed E-state index contributed by atoms with van der Waals surface area (Å²) in [5, 5.41) is 3.52. The van der Waals surface area contributed by atoms with E-state index in [2.05, 4.69) is 18.3 Å². The minimum atomic E-state index is -0.188. The van der Waals surface area contributed by atoms with Crippen LogP contribution in [0.2, 0.25) is 4.34 Å². The van der Waals surface area contributed by atoms with Gasteiger partial charge in [-0.1, -0.05) is 24.6 Å². The first-order valence-corrected chi connectivity index (χ1v) is 8.74. The number of thiophene rings is 1. The SMILES string of the molecule is CCCNC(CSc1cccc(F)c1)c1ccc(Cl)s1. The van der Waals surface area contributed by atoms with Crippen molar-refractivity contribution in [1.82, 2.24) is 5.32 Å². The Labute approximate surface area is 132 Å². The van der Waals surface area contributed by atoms with Gasteiger partial charge < -0.3 is 5.32 Å². The predicted octanol–water partition coefficient (Wildman–Crippen LogP) is 5.37. The van der Waals surface area contributed by atoms with E-state index in [1.807, 2.05) is 12.1 Å². The maximum Gasteiger partial charge on any atom is 0.124 e. The second-order valence-corrected chi connectivity index (χ2v) is 7.26. The molecule has 0 aliphatic carbocycles. The first-order valence-electron chi connectivity index (χ1n) is 6.56. The standard InChI is InChI=1S/C15H17ClFNS2/c1-2-8-18-13(14-6-7-15(16)20-14)10-19-12-5-3-4-11(17)9-12/h3-7,9,13,18H,2,8,10H2,1H3. The van der Waals surface area contributed by atoms with Crippen LogP contribution in [-0.4, -0.2) is 12.3 Å². The van der Waals surface area contributed by atoms with E-state index in [4.69, 9.17) is 11.6 Å². The molecule has 1 unspecified atom stereocenters. The van der Waals surface area contributed by atoms with Gasteiger partial charge >= 0.3 is 0 Å². The number of thioether (sulfide) groups is 1. The summed E-state index contributed by atoms with van der Waals surface area (Å²) in [6.07, 6.45) is 1.08. The van der Waals surface area contributed by atoms with Gasteiger partial charge in [-0.3, -0.25) is 0 Å². The monoisotopic (exact) mass is 329 g/mol. The molecule has 0 fully saturated rings. The van der Waals surface area contributed by atoms with Crippen molar-refractivity contribution < 1.29 is 4.39 Å². The Bertz CT molecular complexity index is 544. The van der Waals surface area contributed by atoms with Crippen LogP contribution in [0.3, 0.4) is 0 Å². The third-order valence-corrected chi connectivity index (χ3v) is 5.22. The highest BCUT2D eigenvalue weighted by Crippen LogP contribution is 2.31. The van der Waals surface area contributed by atoms with Crippen molar-refractivity contribution in [1.29, 1.82) is 0 Å². The fourth-order valence-corrected chi connectivity index (χ4v) is 4.08. The van der Waals surface area contributed by atoms with Gasteiger partial charge in [0.1, 0.15) is 5.82 Å². The van der Waals surface area contributed by atoms with Gasteiger partial charge in [-0.2, -0.15) is 0 Å². The Morgan fingerprint density at radius 1 is 1.35 bits per heavy atom. The van der Waals surface area contributed by atoms with Gasteiger partial charge in [0.15, 0.2) is 0 Å². The molecule has 0 radical (unpaired) electrons. The highest BCUT2D eigenvalue weighted by molar-refractivity contribution is 7.99. The van der Waals surface area contributed by atoms with Gasteiger partial charge in [-0.25, -0.2) is 4.39 Å². The number of rotatable bonds is 7. The molecule has 0 spiro atoms. The molecule has 2 aromatic rings. The van der Waals surface area contributed by atoms with Gasteiger partial charge in [-0.15, -0.1) is 23.1 Å². The van der Waals surface area contributed by atoms with Crippen molar-refractivity contribution in [2.45, 2.75) is 24.3 Å². The Morgan fingerprint density at radius 3 is 2.85 bits per heavy atom. The zero-order chi connectivity index (χ0) is 14.4. The molecule has 0 aliphatic rings. The molecule has 1 aromatic carbocycles. The molecule has 0 bridgehead atoms. The first-order chi connectivity index (χ1) is 9.69. The smallest absolute Gasteiger partial charge is 0.124 e. The van der Waals surface area contributed by atoms with Crippen molar-refractivity contribution in [2.24, 2.45) is 0 Å². The van der Waals surface area contributed by atoms with E-state index in [-0.39, 0.29) is 11.9 Å². The Hall–Kier alpha value is -0.550. The first kappa shape index (κ1) is 15.8. The van der Waals surface area contributed by atoms with Crippen molar-refractivity contribution in [3.8, 4) is 0 Å². The van der Waals surface area contributed by atoms with Crippen LogP contribution in [0.1, 0.15) is 24.3 Å². The van der Waals surface area contributed by atoms with Crippen molar-refractivity contribution in [3.63, 3.8) is 0 Å². The fourth-order valence-electron chi connectivity index (χ4n) is 1.81. The van der Waals surface area contributed by atoms with Crippen LogP contribution in [-0.2, 0) is 0 Å². The maximum absolute atomic E-state index is 13.2. The molecule has 5 heteroatoms. The third kappa shape index (κ3) is 4.77. The lowest BCUT2D eigenvalue weighted by Crippen LogP contribution is -2.23. The molecular weight excluding hydrogens is 313 g/mol. The zero-order valence-electron chi connectivity index (χ0n) is 11.2. The van der Waals surface area contributed by atoms with Crippen molar-refractivity contribution in [3.05, 3.63) is 51.4 Å². The number of nitrogens with one attached hydrogen (secondary N) is 1. The second kappa shape index (κ2) is 8.03. The Morgan fingerprint density at radius 2 is 2.20 bits per heavy atom. The summed E-state index contributed by atoms with van der Waals surface area (Å²) >= 11 is 9.27. The number of hydrogen-bond acceptors (Lipinski definition) is 3. The van der Waals surface area contributed by atoms with Gasteiger partial charge in [0.05, 0.1) is 10.4 Å². The van der Waals surface area contributed by atoms with E-state index in [1.165, 1.54) is 10.9 Å². The molecule has 1 atom stereocenters. The summed E-state index contributed by atoms with van der Waals surface area (Å²) in [5.41, 5.74) is 0. The van der Waals surface area contributed by atoms with E-state index in [9.17, 15) is 4.39 Å². The van der Waals surface area contributed by atoms with Crippen LogP contribution in [0.4, 0.5) is 4.39 Å². The van der Waals surface area contributed by atoms with Crippen molar-refractivity contribution in [2.75, 3.05) is 12.3 Å². The molecular formula is C15H17ClFNS2. The van der Waals surface area contributed by atoms with Crippen LogP contribution < -0.4 is 5.32 Å². The number of benzene rings is 1. The minimum Gasteiger partial charge on any atom is -0.309 e. The predicted molar refractivity (Wildman–Crippen MR) is 87.5 cm³/mol. The molecule has 108 valence electrons. The van der Waals surface area contributed by atoms with Gasteiger partial charge in [-0.05, 0) is 43.3 Å². The summed E-state index contributed by atoms with van der Waals surface area (Å²) in [4.78, 5) is 2.18. The lowest BCUT2D eigenvalue weighted by Gasteiger charge is -2.16. The van der Waals surface area contributed by atoms with Crippen molar-refractivity contribution >= 4 is 34.7 Å². The molecule has 1 aromatic heterocycles. The summed E-state index contributed by atoms with van der Waals surface area (Å²) in [6.45, 7) is 3.11. The minimum absolute atomic E-state index is 0.188. The largest absolute Gasteiger partial charge is 0.309 e. The van der Waals surface area contributed by atoms with Crippen LogP contribution >= 0.6 is 34.7 Å². The van der Waals surface area contributed by atoms with E-state index in [0.717, 1.165) is 28.0 Å². The molecule has 1 nitrogen and oxygen atoms in total. The van der Waals surface area contributed by atoms with E-state index in [1.54, 1.807) is 35.2 Å². The molecule has 20 heavy (non-hydrogen) atoms. The summed E-state index contributed by atoms with van der Waals surface area (Å²) < 4.78 is 14.0. The van der Waals surface area contributed by atoms with Gasteiger partial charge in [0.25, 0.3) is 0 Å². The quantitative estimate of drug-likeness (QED) is 0.685. The van der Waals surface area contributed by atoms with E-state index in [0.29, 0.717) is 0 Å². The third-order valence-electron chi connectivity index (χ3n) is 2.79. The average Bonchev–Trinajstić information content (AvgIpc) is 2.85. The van der Waals surface area contributed by atoms with Gasteiger partial charge in [0.2, 0.25) is 0 Å². The molecule has 0 saturated carbocycles. The maximum atomic E-state index is 13.2. The summed E-state index contributed by atoms with van der Waals surface area (Å²) in [7, 11) is 0. The molecule has 0 amide bonds. The summed E-state index contributed by atoms with van der Waals surface area (Å²) in [6, 6.07) is 11.0. The van der Waals surface area contributed by atoms with Crippen LogP contribution in [0.25, 0.3) is 0 Å². The lowest BCUT2D eigenvalue weighted by atomic mass is 10.2. The highest BCUT2D eigenvalue weighted by Gasteiger charge is 2.13. The van der Waals surface area contributed by atoms with E-state index < -0.39 is 0 Å². The molecule has 1 N–H and O–H groups in total. The Kier molecular flexibility index (Phi) is 6.36. The molecule has 1 heterocycles. The van der Waals surface area contributed by atoms with Gasteiger partial charge in [0, 0.05) is 15.5 Å². The molecule has 0 aliphatic heterocycles. The number of halogens is 2. The van der Waals surface area contributed by atoms with Crippen LogP contribution in [0, 0.1) is 5.82 Å². The van der Waals surface area contributed by atoms with Crippen LogP contribution in [0.5, 0.6) is 0 Å². The van der Waals surface area contributed by atoms with E-state index >= 15 is 0 Å².